The lowest BCUT2D eigenvalue weighted by Crippen LogP contribution is -2.50. The molecule has 1 aliphatic rings. The van der Waals surface area contributed by atoms with Gasteiger partial charge in [0.1, 0.15) is 11.7 Å². The van der Waals surface area contributed by atoms with E-state index in [0.717, 1.165) is 11.1 Å². The summed E-state index contributed by atoms with van der Waals surface area (Å²) in [5.74, 6) is -0.142. The first-order valence-electron chi connectivity index (χ1n) is 11.1. The van der Waals surface area contributed by atoms with Crippen LogP contribution in [0.15, 0.2) is 36.5 Å². The number of aliphatic hydroxyl groups is 1. The average molecular weight is 451 g/mol. The second kappa shape index (κ2) is 10.5. The minimum Gasteiger partial charge on any atom is -0.472 e. The molecule has 0 saturated heterocycles. The number of aliphatic hydroxyl groups excluding tert-OH is 1. The molecule has 1 aliphatic heterocycles. The zero-order valence-electron chi connectivity index (χ0n) is 19.5. The largest absolute Gasteiger partial charge is 0.472 e. The third-order valence-electron chi connectivity index (χ3n) is 6.05. The summed E-state index contributed by atoms with van der Waals surface area (Å²) in [5.41, 5.74) is 2.38. The molecule has 0 unspecified atom stereocenters. The Morgan fingerprint density at radius 3 is 2.67 bits per heavy atom. The first kappa shape index (κ1) is 24.2. The Labute approximate surface area is 194 Å². The van der Waals surface area contributed by atoms with Crippen LogP contribution in [0.1, 0.15) is 43.1 Å². The van der Waals surface area contributed by atoms with Crippen LogP contribution in [0.4, 0.5) is 0 Å². The van der Waals surface area contributed by atoms with Gasteiger partial charge in [-0.1, -0.05) is 26.0 Å². The predicted molar refractivity (Wildman–Crippen MR) is 123 cm³/mol. The molecule has 2 amide bonds. The standard InChI is InChI=1S/C25H30N4O4/c1-5-23(31)28(4)14-22-16(2)13-29(17(3)15-30)25(32)21-10-20(12-27-24(21)33-22)19-8-6-18(11-26)7-9-19/h6-10,12,16-17,22,30H,5,13-15H2,1-4H3/t16-,17+,22-/m0/s1. The van der Waals surface area contributed by atoms with E-state index < -0.39 is 0 Å². The maximum atomic E-state index is 13.5. The normalized spacial score (nSPS) is 18.9. The van der Waals surface area contributed by atoms with Gasteiger partial charge < -0.3 is 19.6 Å². The monoisotopic (exact) mass is 450 g/mol. The zero-order chi connectivity index (χ0) is 24.1. The Morgan fingerprint density at radius 1 is 1.36 bits per heavy atom. The fraction of sp³-hybridized carbons (Fsp3) is 0.440. The molecule has 3 atom stereocenters. The number of fused-ring (bicyclic) bond motifs is 1. The van der Waals surface area contributed by atoms with E-state index in [2.05, 4.69) is 11.1 Å². The highest BCUT2D eigenvalue weighted by Crippen LogP contribution is 2.30. The van der Waals surface area contributed by atoms with Gasteiger partial charge in [-0.3, -0.25) is 9.59 Å². The fourth-order valence-corrected chi connectivity index (χ4v) is 3.86. The maximum Gasteiger partial charge on any atom is 0.259 e. The van der Waals surface area contributed by atoms with Crippen molar-refractivity contribution < 1.29 is 19.4 Å². The smallest absolute Gasteiger partial charge is 0.259 e. The number of nitrogens with zero attached hydrogens (tertiary/aromatic N) is 4. The van der Waals surface area contributed by atoms with Crippen molar-refractivity contribution in [1.82, 2.24) is 14.8 Å². The van der Waals surface area contributed by atoms with Crippen LogP contribution in [0.3, 0.4) is 0 Å². The molecule has 33 heavy (non-hydrogen) atoms. The topological polar surface area (TPSA) is 107 Å². The Bertz CT molecular complexity index is 1050. The minimum atomic E-state index is -0.389. The summed E-state index contributed by atoms with van der Waals surface area (Å²) < 4.78 is 6.22. The summed E-state index contributed by atoms with van der Waals surface area (Å²) in [6.07, 6.45) is 1.66. The van der Waals surface area contributed by atoms with E-state index in [1.54, 1.807) is 60.3 Å². The van der Waals surface area contributed by atoms with Gasteiger partial charge in [-0.05, 0) is 30.7 Å². The van der Waals surface area contributed by atoms with Crippen LogP contribution < -0.4 is 4.74 Å². The number of ether oxygens (including phenoxy) is 1. The Kier molecular flexibility index (Phi) is 7.67. The van der Waals surface area contributed by atoms with Crippen molar-refractivity contribution in [3.8, 4) is 23.1 Å². The van der Waals surface area contributed by atoms with Crippen LogP contribution in [0, 0.1) is 17.2 Å². The fourth-order valence-electron chi connectivity index (χ4n) is 3.86. The lowest BCUT2D eigenvalue weighted by Gasteiger charge is -2.37. The molecule has 8 heteroatoms. The molecule has 0 bridgehead atoms. The molecular weight excluding hydrogens is 420 g/mol. The summed E-state index contributed by atoms with van der Waals surface area (Å²) in [6, 6.07) is 10.5. The molecule has 0 spiro atoms. The summed E-state index contributed by atoms with van der Waals surface area (Å²) in [5, 5.41) is 18.8. The molecule has 1 N–H and O–H groups in total. The molecule has 0 fully saturated rings. The van der Waals surface area contributed by atoms with E-state index in [0.29, 0.717) is 30.6 Å². The van der Waals surface area contributed by atoms with Crippen LogP contribution in [0.25, 0.3) is 11.1 Å². The lowest BCUT2D eigenvalue weighted by atomic mass is 9.99. The van der Waals surface area contributed by atoms with Crippen molar-refractivity contribution >= 4 is 11.8 Å². The number of likely N-dealkylation sites (N-methyl/N-ethyl adjacent to an activating group) is 1. The van der Waals surface area contributed by atoms with Crippen LogP contribution >= 0.6 is 0 Å². The highest BCUT2D eigenvalue weighted by Gasteiger charge is 2.34. The second-order valence-electron chi connectivity index (χ2n) is 8.52. The lowest BCUT2D eigenvalue weighted by molar-refractivity contribution is -0.131. The van der Waals surface area contributed by atoms with Gasteiger partial charge in [0.15, 0.2) is 0 Å². The van der Waals surface area contributed by atoms with Crippen molar-refractivity contribution in [2.75, 3.05) is 26.7 Å². The summed E-state index contributed by atoms with van der Waals surface area (Å²) >= 11 is 0. The number of pyridine rings is 1. The highest BCUT2D eigenvalue weighted by atomic mass is 16.5. The summed E-state index contributed by atoms with van der Waals surface area (Å²) in [7, 11) is 1.74. The number of hydrogen-bond donors (Lipinski definition) is 1. The number of amides is 2. The predicted octanol–water partition coefficient (Wildman–Crippen LogP) is 2.71. The number of rotatable bonds is 6. The number of carbonyl (C=O) groups excluding carboxylic acids is 2. The van der Waals surface area contributed by atoms with E-state index in [1.807, 2.05) is 13.8 Å². The third-order valence-corrected chi connectivity index (χ3v) is 6.05. The van der Waals surface area contributed by atoms with Crippen molar-refractivity contribution in [3.05, 3.63) is 47.7 Å². The van der Waals surface area contributed by atoms with Gasteiger partial charge in [0, 0.05) is 37.7 Å². The Hall–Kier alpha value is -3.44. The van der Waals surface area contributed by atoms with Gasteiger partial charge in [0.05, 0.1) is 30.8 Å². The Balaban J connectivity index is 2.03. The van der Waals surface area contributed by atoms with Crippen LogP contribution in [0.2, 0.25) is 0 Å². The van der Waals surface area contributed by atoms with Gasteiger partial charge in [-0.2, -0.15) is 5.26 Å². The van der Waals surface area contributed by atoms with Crippen LogP contribution in [-0.4, -0.2) is 70.6 Å². The van der Waals surface area contributed by atoms with Gasteiger partial charge in [-0.15, -0.1) is 0 Å². The molecule has 2 heterocycles. The van der Waals surface area contributed by atoms with E-state index in [9.17, 15) is 14.7 Å². The third kappa shape index (κ3) is 5.32. The van der Waals surface area contributed by atoms with Crippen molar-refractivity contribution in [1.29, 1.82) is 5.26 Å². The number of benzene rings is 1. The maximum absolute atomic E-state index is 13.5. The average Bonchev–Trinajstić information content (AvgIpc) is 2.84. The van der Waals surface area contributed by atoms with E-state index in [1.165, 1.54) is 0 Å². The first-order valence-corrected chi connectivity index (χ1v) is 11.1. The molecule has 3 rings (SSSR count). The number of aromatic nitrogens is 1. The molecule has 174 valence electrons. The molecule has 1 aromatic carbocycles. The number of nitriles is 1. The highest BCUT2D eigenvalue weighted by molar-refractivity contribution is 5.98. The summed E-state index contributed by atoms with van der Waals surface area (Å²) in [6.45, 7) is 6.14. The van der Waals surface area contributed by atoms with Gasteiger partial charge in [0.25, 0.3) is 5.91 Å². The van der Waals surface area contributed by atoms with E-state index >= 15 is 0 Å². The zero-order valence-corrected chi connectivity index (χ0v) is 19.5. The van der Waals surface area contributed by atoms with E-state index in [4.69, 9.17) is 10.00 Å². The molecule has 0 saturated carbocycles. The SMILES string of the molecule is CCC(=O)N(C)C[C@@H]1Oc2ncc(-c3ccc(C#N)cc3)cc2C(=O)N([C@H](C)CO)C[C@@H]1C. The molecule has 0 radical (unpaired) electrons. The quantitative estimate of drug-likeness (QED) is 0.725. The molecular formula is C25H30N4O4. The molecule has 8 nitrogen and oxygen atoms in total. The first-order chi connectivity index (χ1) is 15.8. The van der Waals surface area contributed by atoms with Crippen molar-refractivity contribution in [2.45, 2.75) is 39.3 Å². The summed E-state index contributed by atoms with van der Waals surface area (Å²) in [4.78, 5) is 33.4. The molecule has 2 aromatic rings. The Morgan fingerprint density at radius 2 is 2.06 bits per heavy atom. The van der Waals surface area contributed by atoms with E-state index in [-0.39, 0.29) is 42.4 Å². The number of carbonyl (C=O) groups is 2. The molecule has 1 aromatic heterocycles. The minimum absolute atomic E-state index is 0.00821. The van der Waals surface area contributed by atoms with Crippen LogP contribution in [-0.2, 0) is 4.79 Å². The second-order valence-corrected chi connectivity index (χ2v) is 8.52. The van der Waals surface area contributed by atoms with Gasteiger partial charge in [-0.25, -0.2) is 4.98 Å². The molecule has 0 aliphatic carbocycles. The van der Waals surface area contributed by atoms with Crippen molar-refractivity contribution in [3.63, 3.8) is 0 Å². The number of hydrogen-bond acceptors (Lipinski definition) is 6. The van der Waals surface area contributed by atoms with Gasteiger partial charge in [0.2, 0.25) is 11.8 Å². The van der Waals surface area contributed by atoms with Crippen molar-refractivity contribution in [2.24, 2.45) is 5.92 Å². The van der Waals surface area contributed by atoms with Gasteiger partial charge >= 0.3 is 0 Å². The van der Waals surface area contributed by atoms with Crippen LogP contribution in [0.5, 0.6) is 5.88 Å².